The van der Waals surface area contributed by atoms with Gasteiger partial charge in [-0.1, -0.05) is 31.0 Å². The number of rotatable bonds is 5. The molecule has 1 aliphatic rings. The van der Waals surface area contributed by atoms with Crippen LogP contribution in [0.1, 0.15) is 50.6 Å². The summed E-state index contributed by atoms with van der Waals surface area (Å²) in [5.41, 5.74) is 7.16. The fourth-order valence-corrected chi connectivity index (χ4v) is 2.97. The Morgan fingerprint density at radius 2 is 1.95 bits per heavy atom. The fraction of sp³-hybridized carbons (Fsp3) is 0.625. The van der Waals surface area contributed by atoms with E-state index in [2.05, 4.69) is 18.9 Å². The van der Waals surface area contributed by atoms with Crippen LogP contribution in [0.25, 0.3) is 0 Å². The summed E-state index contributed by atoms with van der Waals surface area (Å²) in [4.78, 5) is 2.20. The molecule has 1 aliphatic carbocycles. The van der Waals surface area contributed by atoms with Crippen molar-refractivity contribution in [1.82, 2.24) is 4.90 Å². The molecule has 0 amide bonds. The van der Waals surface area contributed by atoms with E-state index in [9.17, 15) is 4.39 Å². The maximum atomic E-state index is 13.8. The summed E-state index contributed by atoms with van der Waals surface area (Å²) in [6, 6.07) is 7.11. The molecule has 2 rings (SSSR count). The molecular weight excluding hydrogens is 239 g/mol. The SMILES string of the molecule is CC(c1ccccc1F)N(C)CCC1(N)CCCC1. The third-order valence-electron chi connectivity index (χ3n) is 4.58. The Morgan fingerprint density at radius 1 is 1.32 bits per heavy atom. The van der Waals surface area contributed by atoms with Crippen LogP contribution < -0.4 is 5.73 Å². The maximum Gasteiger partial charge on any atom is 0.127 e. The van der Waals surface area contributed by atoms with E-state index in [4.69, 9.17) is 5.73 Å². The first kappa shape index (κ1) is 14.5. The Kier molecular flexibility index (Phi) is 4.58. The highest BCUT2D eigenvalue weighted by molar-refractivity contribution is 5.20. The molecule has 1 fully saturated rings. The minimum absolute atomic E-state index is 0.0171. The zero-order chi connectivity index (χ0) is 13.9. The Bertz CT molecular complexity index is 413. The first-order chi connectivity index (χ1) is 9.02. The van der Waals surface area contributed by atoms with E-state index in [-0.39, 0.29) is 17.4 Å². The van der Waals surface area contributed by atoms with Crippen LogP contribution in [-0.2, 0) is 0 Å². The first-order valence-electron chi connectivity index (χ1n) is 7.25. The molecular formula is C16H25FN2. The van der Waals surface area contributed by atoms with Crippen molar-refractivity contribution in [1.29, 1.82) is 0 Å². The summed E-state index contributed by atoms with van der Waals surface area (Å²) in [6.07, 6.45) is 5.78. The van der Waals surface area contributed by atoms with Gasteiger partial charge in [0, 0.05) is 23.7 Å². The lowest BCUT2D eigenvalue weighted by Crippen LogP contribution is -2.40. The number of hydrogen-bond donors (Lipinski definition) is 1. The first-order valence-corrected chi connectivity index (χ1v) is 7.25. The monoisotopic (exact) mass is 264 g/mol. The average molecular weight is 264 g/mol. The molecule has 1 aromatic rings. The van der Waals surface area contributed by atoms with Crippen LogP contribution in [0.3, 0.4) is 0 Å². The van der Waals surface area contributed by atoms with Gasteiger partial charge < -0.3 is 5.73 Å². The molecule has 1 aromatic carbocycles. The third-order valence-corrected chi connectivity index (χ3v) is 4.58. The summed E-state index contributed by atoms with van der Waals surface area (Å²) < 4.78 is 13.8. The van der Waals surface area contributed by atoms with Crippen LogP contribution in [0.5, 0.6) is 0 Å². The van der Waals surface area contributed by atoms with E-state index in [0.29, 0.717) is 0 Å². The molecule has 0 radical (unpaired) electrons. The van der Waals surface area contributed by atoms with Crippen LogP contribution >= 0.6 is 0 Å². The lowest BCUT2D eigenvalue weighted by molar-refractivity contribution is 0.225. The molecule has 1 unspecified atom stereocenters. The molecule has 106 valence electrons. The molecule has 1 saturated carbocycles. The molecule has 0 heterocycles. The lowest BCUT2D eigenvalue weighted by Gasteiger charge is -2.30. The van der Waals surface area contributed by atoms with Crippen LogP contribution in [0.2, 0.25) is 0 Å². The highest BCUT2D eigenvalue weighted by Gasteiger charge is 2.29. The van der Waals surface area contributed by atoms with Crippen molar-refractivity contribution in [2.45, 2.75) is 50.6 Å². The summed E-state index contributed by atoms with van der Waals surface area (Å²) in [6.45, 7) is 2.97. The largest absolute Gasteiger partial charge is 0.325 e. The number of halogens is 1. The zero-order valence-corrected chi connectivity index (χ0v) is 12.0. The Hall–Kier alpha value is -0.930. The highest BCUT2D eigenvalue weighted by atomic mass is 19.1. The number of benzene rings is 1. The van der Waals surface area contributed by atoms with E-state index >= 15 is 0 Å². The lowest BCUT2D eigenvalue weighted by atomic mass is 9.94. The van der Waals surface area contributed by atoms with Crippen LogP contribution in [0, 0.1) is 5.82 Å². The van der Waals surface area contributed by atoms with Gasteiger partial charge in [0.15, 0.2) is 0 Å². The molecule has 19 heavy (non-hydrogen) atoms. The maximum absolute atomic E-state index is 13.8. The van der Waals surface area contributed by atoms with Crippen molar-refractivity contribution < 1.29 is 4.39 Å². The Balaban J connectivity index is 1.92. The smallest absolute Gasteiger partial charge is 0.127 e. The Morgan fingerprint density at radius 3 is 2.58 bits per heavy atom. The van der Waals surface area contributed by atoms with E-state index in [1.54, 1.807) is 6.07 Å². The predicted octanol–water partition coefficient (Wildman–Crippen LogP) is 3.48. The van der Waals surface area contributed by atoms with Gasteiger partial charge in [-0.3, -0.25) is 4.90 Å². The van der Waals surface area contributed by atoms with Crippen molar-refractivity contribution >= 4 is 0 Å². The van der Waals surface area contributed by atoms with Crippen molar-refractivity contribution in [2.24, 2.45) is 5.73 Å². The topological polar surface area (TPSA) is 29.3 Å². The number of hydrogen-bond acceptors (Lipinski definition) is 2. The summed E-state index contributed by atoms with van der Waals surface area (Å²) in [5.74, 6) is -0.120. The van der Waals surface area contributed by atoms with E-state index < -0.39 is 0 Å². The average Bonchev–Trinajstić information content (AvgIpc) is 2.83. The molecule has 2 N–H and O–H groups in total. The van der Waals surface area contributed by atoms with Gasteiger partial charge in [0.2, 0.25) is 0 Å². The quantitative estimate of drug-likeness (QED) is 0.882. The Labute approximate surface area is 115 Å². The van der Waals surface area contributed by atoms with Crippen LogP contribution in [0.15, 0.2) is 24.3 Å². The van der Waals surface area contributed by atoms with Gasteiger partial charge >= 0.3 is 0 Å². The molecule has 0 aromatic heterocycles. The van der Waals surface area contributed by atoms with Crippen molar-refractivity contribution in [3.63, 3.8) is 0 Å². The van der Waals surface area contributed by atoms with Crippen molar-refractivity contribution in [3.8, 4) is 0 Å². The highest BCUT2D eigenvalue weighted by Crippen LogP contribution is 2.31. The normalized spacial score (nSPS) is 19.8. The van der Waals surface area contributed by atoms with Crippen LogP contribution in [0.4, 0.5) is 4.39 Å². The molecule has 2 nitrogen and oxygen atoms in total. The number of nitrogens with two attached hydrogens (primary N) is 1. The third kappa shape index (κ3) is 3.54. The molecule has 0 saturated heterocycles. The van der Waals surface area contributed by atoms with E-state index in [0.717, 1.165) is 31.4 Å². The van der Waals surface area contributed by atoms with E-state index in [1.807, 2.05) is 12.1 Å². The summed E-state index contributed by atoms with van der Waals surface area (Å²) in [5, 5.41) is 0. The van der Waals surface area contributed by atoms with Gasteiger partial charge in [-0.15, -0.1) is 0 Å². The zero-order valence-electron chi connectivity index (χ0n) is 12.0. The molecule has 1 atom stereocenters. The van der Waals surface area contributed by atoms with Gasteiger partial charge in [-0.2, -0.15) is 0 Å². The van der Waals surface area contributed by atoms with Gasteiger partial charge in [-0.25, -0.2) is 4.39 Å². The predicted molar refractivity (Wildman–Crippen MR) is 77.4 cm³/mol. The second kappa shape index (κ2) is 6.02. The van der Waals surface area contributed by atoms with Gasteiger partial charge in [-0.05, 0) is 39.3 Å². The van der Waals surface area contributed by atoms with Crippen molar-refractivity contribution in [3.05, 3.63) is 35.6 Å². The van der Waals surface area contributed by atoms with Gasteiger partial charge in [0.25, 0.3) is 0 Å². The van der Waals surface area contributed by atoms with Crippen LogP contribution in [-0.4, -0.2) is 24.0 Å². The summed E-state index contributed by atoms with van der Waals surface area (Å²) >= 11 is 0. The number of nitrogens with zero attached hydrogens (tertiary/aromatic N) is 1. The molecule has 0 aliphatic heterocycles. The standard InChI is InChI=1S/C16H25FN2/c1-13(14-7-3-4-8-15(14)17)19(2)12-11-16(18)9-5-6-10-16/h3-4,7-8,13H,5-6,9-12,18H2,1-2H3. The summed E-state index contributed by atoms with van der Waals surface area (Å²) in [7, 11) is 2.05. The fourth-order valence-electron chi connectivity index (χ4n) is 2.97. The van der Waals surface area contributed by atoms with E-state index in [1.165, 1.54) is 18.9 Å². The molecule has 0 spiro atoms. The molecule has 3 heteroatoms. The van der Waals surface area contributed by atoms with Crippen molar-refractivity contribution in [2.75, 3.05) is 13.6 Å². The van der Waals surface area contributed by atoms with Gasteiger partial charge in [0.05, 0.1) is 0 Å². The van der Waals surface area contributed by atoms with Gasteiger partial charge in [0.1, 0.15) is 5.82 Å². The minimum atomic E-state index is -0.120. The second-order valence-electron chi connectivity index (χ2n) is 6.00. The minimum Gasteiger partial charge on any atom is -0.325 e. The second-order valence-corrected chi connectivity index (χ2v) is 6.00. The molecule has 0 bridgehead atoms.